The van der Waals surface area contributed by atoms with Crippen LogP contribution in [-0.4, -0.2) is 49.0 Å². The van der Waals surface area contributed by atoms with Gasteiger partial charge in [0.05, 0.1) is 11.5 Å². The predicted molar refractivity (Wildman–Crippen MR) is 62.2 cm³/mol. The number of aliphatic carboxylic acids is 1. The molecule has 0 radical (unpaired) electrons. The van der Waals surface area contributed by atoms with Gasteiger partial charge in [-0.25, -0.2) is 8.42 Å². The molecule has 0 spiro atoms. The van der Waals surface area contributed by atoms with E-state index in [0.29, 0.717) is 0 Å². The zero-order chi connectivity index (χ0) is 13.7. The van der Waals surface area contributed by atoms with Gasteiger partial charge in [0.2, 0.25) is 5.91 Å². The molecule has 0 aliphatic carbocycles. The first kappa shape index (κ1) is 15.9. The van der Waals surface area contributed by atoms with Crippen molar-refractivity contribution in [1.82, 2.24) is 5.32 Å². The summed E-state index contributed by atoms with van der Waals surface area (Å²) in [5.74, 6) is -2.27. The largest absolute Gasteiger partial charge is 0.480 e. The minimum atomic E-state index is -3.38. The molecule has 1 amide bonds. The first-order valence-electron chi connectivity index (χ1n) is 5.04. The summed E-state index contributed by atoms with van der Waals surface area (Å²) in [4.78, 5) is 21.2. The van der Waals surface area contributed by atoms with E-state index < -0.39 is 27.3 Å². The fourth-order valence-electron chi connectivity index (χ4n) is 0.953. The highest BCUT2D eigenvalue weighted by Crippen LogP contribution is 2.01. The highest BCUT2D eigenvalue weighted by Gasteiger charge is 2.26. The second-order valence-electron chi connectivity index (χ2n) is 4.23. The van der Waals surface area contributed by atoms with Crippen molar-refractivity contribution in [3.63, 3.8) is 0 Å². The zero-order valence-electron chi connectivity index (χ0n) is 9.89. The fraction of sp³-hybridized carbons (Fsp3) is 0.778. The molecule has 0 aliphatic heterocycles. The van der Waals surface area contributed by atoms with Crippen molar-refractivity contribution >= 4 is 21.7 Å². The third-order valence-corrected chi connectivity index (χ3v) is 3.83. The average Bonchev–Trinajstić information content (AvgIpc) is 2.14. The molecule has 0 aromatic rings. The maximum atomic E-state index is 11.4. The van der Waals surface area contributed by atoms with Crippen molar-refractivity contribution in [2.45, 2.75) is 25.8 Å². The highest BCUT2D eigenvalue weighted by atomic mass is 32.2. The van der Waals surface area contributed by atoms with Gasteiger partial charge in [-0.05, 0) is 13.8 Å². The highest BCUT2D eigenvalue weighted by molar-refractivity contribution is 7.91. The van der Waals surface area contributed by atoms with Crippen molar-refractivity contribution in [2.75, 3.05) is 18.1 Å². The summed E-state index contributed by atoms with van der Waals surface area (Å²) < 4.78 is 22.8. The van der Waals surface area contributed by atoms with E-state index in [4.69, 9.17) is 10.8 Å². The molecule has 0 fully saturated rings. The maximum absolute atomic E-state index is 11.4. The van der Waals surface area contributed by atoms with E-state index in [1.165, 1.54) is 13.8 Å². The van der Waals surface area contributed by atoms with E-state index in [2.05, 4.69) is 5.32 Å². The van der Waals surface area contributed by atoms with Crippen molar-refractivity contribution in [1.29, 1.82) is 0 Å². The molecule has 0 aromatic heterocycles. The van der Waals surface area contributed by atoms with E-state index in [1.54, 1.807) is 0 Å². The summed E-state index contributed by atoms with van der Waals surface area (Å²) in [7, 11) is -3.38. The number of nitrogens with one attached hydrogen (secondary N) is 1. The molecule has 0 bridgehead atoms. The Balaban J connectivity index is 4.12. The van der Waals surface area contributed by atoms with Gasteiger partial charge in [-0.15, -0.1) is 0 Å². The molecule has 4 N–H and O–H groups in total. The molecule has 0 atom stereocenters. The Morgan fingerprint density at radius 3 is 2.24 bits per heavy atom. The van der Waals surface area contributed by atoms with Gasteiger partial charge in [-0.2, -0.15) is 0 Å². The molecule has 0 saturated heterocycles. The second kappa shape index (κ2) is 5.97. The van der Waals surface area contributed by atoms with E-state index in [0.717, 1.165) is 0 Å². The average molecular weight is 266 g/mol. The Bertz CT molecular complexity index is 388. The molecule has 0 heterocycles. The minimum Gasteiger partial charge on any atom is -0.480 e. The van der Waals surface area contributed by atoms with Crippen LogP contribution in [0.4, 0.5) is 0 Å². The SMILES string of the molecule is CC(C)(NCCS(=O)(=O)CCC(N)=O)C(=O)O. The Morgan fingerprint density at radius 2 is 1.82 bits per heavy atom. The zero-order valence-corrected chi connectivity index (χ0v) is 10.7. The molecule has 0 aliphatic rings. The van der Waals surface area contributed by atoms with Crippen LogP contribution in [0, 0.1) is 0 Å². The quantitative estimate of drug-likeness (QED) is 0.502. The van der Waals surface area contributed by atoms with Crippen LogP contribution >= 0.6 is 0 Å². The first-order valence-corrected chi connectivity index (χ1v) is 6.86. The van der Waals surface area contributed by atoms with Crippen LogP contribution in [0.25, 0.3) is 0 Å². The number of carbonyl (C=O) groups excluding carboxylic acids is 1. The van der Waals surface area contributed by atoms with Gasteiger partial charge < -0.3 is 16.2 Å². The van der Waals surface area contributed by atoms with Gasteiger partial charge in [0.1, 0.15) is 5.54 Å². The smallest absolute Gasteiger partial charge is 0.323 e. The van der Waals surface area contributed by atoms with Crippen LogP contribution in [0.2, 0.25) is 0 Å². The fourth-order valence-corrected chi connectivity index (χ4v) is 2.08. The lowest BCUT2D eigenvalue weighted by Gasteiger charge is -2.20. The van der Waals surface area contributed by atoms with E-state index in [-0.39, 0.29) is 24.5 Å². The Kier molecular flexibility index (Phi) is 5.56. The lowest BCUT2D eigenvalue weighted by molar-refractivity contribution is -0.143. The third-order valence-electron chi connectivity index (χ3n) is 2.17. The number of primary amides is 1. The normalized spacial score (nSPS) is 12.4. The number of amides is 1. The summed E-state index contributed by atoms with van der Waals surface area (Å²) in [5.41, 5.74) is 3.66. The number of hydrogen-bond donors (Lipinski definition) is 3. The van der Waals surface area contributed by atoms with Gasteiger partial charge in [0.25, 0.3) is 0 Å². The predicted octanol–water partition coefficient (Wildman–Crippen LogP) is -1.27. The number of carboxylic acid groups (broad SMARTS) is 1. The van der Waals surface area contributed by atoms with Gasteiger partial charge in [0, 0.05) is 13.0 Å². The summed E-state index contributed by atoms with van der Waals surface area (Å²) in [6.07, 6.45) is -0.218. The van der Waals surface area contributed by atoms with Gasteiger partial charge in [-0.3, -0.25) is 9.59 Å². The van der Waals surface area contributed by atoms with Crippen molar-refractivity contribution in [3.05, 3.63) is 0 Å². The number of hydrogen-bond acceptors (Lipinski definition) is 5. The second-order valence-corrected chi connectivity index (χ2v) is 6.53. The number of carbonyl (C=O) groups is 2. The minimum absolute atomic E-state index is 0.0143. The molecule has 100 valence electrons. The van der Waals surface area contributed by atoms with Crippen LogP contribution in [0.5, 0.6) is 0 Å². The van der Waals surface area contributed by atoms with E-state index >= 15 is 0 Å². The third kappa shape index (κ3) is 6.90. The maximum Gasteiger partial charge on any atom is 0.323 e. The number of nitrogens with two attached hydrogens (primary N) is 1. The molecule has 17 heavy (non-hydrogen) atoms. The van der Waals surface area contributed by atoms with Crippen LogP contribution in [0.1, 0.15) is 20.3 Å². The van der Waals surface area contributed by atoms with Crippen LogP contribution in [0.3, 0.4) is 0 Å². The first-order chi connectivity index (χ1) is 7.57. The number of sulfone groups is 1. The molecule has 0 rings (SSSR count). The Labute approximate surface area is 100 Å². The Hall–Kier alpha value is -1.15. The van der Waals surface area contributed by atoms with Gasteiger partial charge in [-0.1, -0.05) is 0 Å². The lowest BCUT2D eigenvalue weighted by Crippen LogP contribution is -2.48. The van der Waals surface area contributed by atoms with E-state index in [9.17, 15) is 18.0 Å². The lowest BCUT2D eigenvalue weighted by atomic mass is 10.1. The molecule has 0 unspecified atom stereocenters. The number of carboxylic acids is 1. The summed E-state index contributed by atoms with van der Waals surface area (Å²) in [6.45, 7) is 2.89. The molecule has 0 saturated carbocycles. The molecule has 8 heteroatoms. The van der Waals surface area contributed by atoms with Crippen molar-refractivity contribution in [3.8, 4) is 0 Å². The van der Waals surface area contributed by atoms with Crippen molar-refractivity contribution < 1.29 is 23.1 Å². The molecule has 0 aromatic carbocycles. The van der Waals surface area contributed by atoms with Crippen LogP contribution < -0.4 is 11.1 Å². The standard InChI is InChI=1S/C9H18N2O5S/c1-9(2,8(13)14)11-4-6-17(15,16)5-3-7(10)12/h11H,3-6H2,1-2H3,(H2,10,12)(H,13,14). The van der Waals surface area contributed by atoms with Crippen molar-refractivity contribution in [2.24, 2.45) is 5.73 Å². The molecule has 7 nitrogen and oxygen atoms in total. The number of rotatable bonds is 8. The summed E-state index contributed by atoms with van der Waals surface area (Å²) in [5, 5.41) is 11.4. The van der Waals surface area contributed by atoms with Gasteiger partial charge in [0.15, 0.2) is 9.84 Å². The molecular weight excluding hydrogens is 248 g/mol. The van der Waals surface area contributed by atoms with Gasteiger partial charge >= 0.3 is 5.97 Å². The Morgan fingerprint density at radius 1 is 1.29 bits per heavy atom. The monoisotopic (exact) mass is 266 g/mol. The molecular formula is C9H18N2O5S. The topological polar surface area (TPSA) is 127 Å². The summed E-state index contributed by atoms with van der Waals surface area (Å²) in [6, 6.07) is 0. The van der Waals surface area contributed by atoms with E-state index in [1.807, 2.05) is 0 Å². The summed E-state index contributed by atoms with van der Waals surface area (Å²) >= 11 is 0. The van der Waals surface area contributed by atoms with Crippen LogP contribution in [0.15, 0.2) is 0 Å². The van der Waals surface area contributed by atoms with Crippen LogP contribution in [-0.2, 0) is 19.4 Å².